The van der Waals surface area contributed by atoms with Gasteiger partial charge in [-0.15, -0.1) is 0 Å². The second-order valence-electron chi connectivity index (χ2n) is 6.97. The predicted octanol–water partition coefficient (Wildman–Crippen LogP) is 0.474. The number of halogens is 1. The summed E-state index contributed by atoms with van der Waals surface area (Å²) in [6.07, 6.45) is 0.531. The molecule has 0 aromatic rings. The molecule has 0 radical (unpaired) electrons. The number of fused-ring (bicyclic) bond motifs is 1. The molecule has 0 bridgehead atoms. The van der Waals surface area contributed by atoms with E-state index in [9.17, 15) is 23.6 Å². The standard InChI is InChI=1S/C17H22FN3O6/c1-5-6-26-15(24)13-10(12(22)7-18)8-20-9-11(14(23)21(13)20)19-16(25)27-17(2,3)4/h5,11H,1,6-9H2,2-4H3,(H,19,25)/t11-/m0/s1. The third-order valence-corrected chi connectivity index (χ3v) is 3.70. The third-order valence-electron chi connectivity index (χ3n) is 3.70. The van der Waals surface area contributed by atoms with E-state index in [0.717, 1.165) is 5.01 Å². The fraction of sp³-hybridized carbons (Fsp3) is 0.529. The predicted molar refractivity (Wildman–Crippen MR) is 90.7 cm³/mol. The number of ether oxygens (including phenoxy) is 2. The summed E-state index contributed by atoms with van der Waals surface area (Å²) in [6, 6.07) is -0.982. The van der Waals surface area contributed by atoms with Gasteiger partial charge in [0.2, 0.25) is 0 Å². The van der Waals surface area contributed by atoms with Crippen LogP contribution in [0.2, 0.25) is 0 Å². The molecule has 0 aromatic carbocycles. The molecule has 2 rings (SSSR count). The second kappa shape index (κ2) is 7.87. The number of rotatable bonds is 6. The molecule has 10 heteroatoms. The maximum atomic E-state index is 12.9. The van der Waals surface area contributed by atoms with Gasteiger partial charge >= 0.3 is 12.1 Å². The van der Waals surface area contributed by atoms with E-state index >= 15 is 0 Å². The van der Waals surface area contributed by atoms with E-state index in [2.05, 4.69) is 11.9 Å². The molecule has 27 heavy (non-hydrogen) atoms. The largest absolute Gasteiger partial charge is 0.457 e. The monoisotopic (exact) mass is 383 g/mol. The van der Waals surface area contributed by atoms with Gasteiger partial charge in [-0.3, -0.25) is 9.59 Å². The highest BCUT2D eigenvalue weighted by Crippen LogP contribution is 2.30. The maximum Gasteiger partial charge on any atom is 0.408 e. The van der Waals surface area contributed by atoms with E-state index in [0.29, 0.717) is 0 Å². The van der Waals surface area contributed by atoms with Crippen LogP contribution >= 0.6 is 0 Å². The summed E-state index contributed by atoms with van der Waals surface area (Å²) < 4.78 is 22.9. The quantitative estimate of drug-likeness (QED) is 0.525. The molecule has 148 valence electrons. The molecule has 0 spiro atoms. The highest BCUT2D eigenvalue weighted by molar-refractivity contribution is 6.08. The number of alkyl halides is 1. The highest BCUT2D eigenvalue weighted by Gasteiger charge is 2.49. The molecule has 1 N–H and O–H groups in total. The first-order valence-corrected chi connectivity index (χ1v) is 8.27. The number of carbonyl (C=O) groups excluding carboxylic acids is 4. The zero-order valence-corrected chi connectivity index (χ0v) is 15.4. The summed E-state index contributed by atoms with van der Waals surface area (Å²) in [5.41, 5.74) is -1.23. The molecule has 1 saturated heterocycles. The van der Waals surface area contributed by atoms with Crippen molar-refractivity contribution < 1.29 is 33.0 Å². The van der Waals surface area contributed by atoms with Crippen LogP contribution in [0.25, 0.3) is 0 Å². The number of hydrazine groups is 1. The van der Waals surface area contributed by atoms with Gasteiger partial charge in [0.15, 0.2) is 18.2 Å². The van der Waals surface area contributed by atoms with Crippen molar-refractivity contribution in [2.45, 2.75) is 32.4 Å². The lowest BCUT2D eigenvalue weighted by molar-refractivity contribution is -0.146. The van der Waals surface area contributed by atoms with E-state index in [4.69, 9.17) is 9.47 Å². The molecule has 0 saturated carbocycles. The molecule has 9 nitrogen and oxygen atoms in total. The molecule has 1 atom stereocenters. The Morgan fingerprint density at radius 3 is 2.59 bits per heavy atom. The fourth-order valence-corrected chi connectivity index (χ4v) is 2.70. The van der Waals surface area contributed by atoms with Crippen LogP contribution in [-0.2, 0) is 23.9 Å². The Morgan fingerprint density at radius 1 is 1.37 bits per heavy atom. The molecule has 0 aliphatic carbocycles. The van der Waals surface area contributed by atoms with Crippen molar-refractivity contribution in [1.82, 2.24) is 15.3 Å². The van der Waals surface area contributed by atoms with Crippen LogP contribution in [0.3, 0.4) is 0 Å². The SMILES string of the molecule is C=CCOC(=O)C1=C(C(=O)CF)CN2C[C@H](NC(=O)OC(C)(C)C)C(=O)N12. The Hall–Kier alpha value is -2.75. The van der Waals surface area contributed by atoms with Gasteiger partial charge in [-0.05, 0) is 20.8 Å². The number of hydrogen-bond donors (Lipinski definition) is 1. The van der Waals surface area contributed by atoms with Crippen molar-refractivity contribution >= 4 is 23.8 Å². The lowest BCUT2D eigenvalue weighted by Gasteiger charge is -2.21. The van der Waals surface area contributed by atoms with Crippen molar-refractivity contribution in [1.29, 1.82) is 0 Å². The Balaban J connectivity index is 2.22. The number of carbonyl (C=O) groups is 4. The minimum atomic E-state index is -1.30. The van der Waals surface area contributed by atoms with E-state index in [-0.39, 0.29) is 31.0 Å². The fourth-order valence-electron chi connectivity index (χ4n) is 2.70. The number of hydrogen-bond acceptors (Lipinski definition) is 7. The van der Waals surface area contributed by atoms with E-state index in [1.54, 1.807) is 20.8 Å². The molecule has 2 aliphatic heterocycles. The minimum absolute atomic E-state index is 0.000615. The lowest BCUT2D eigenvalue weighted by Crippen LogP contribution is -2.45. The minimum Gasteiger partial charge on any atom is -0.457 e. The number of amides is 2. The summed E-state index contributed by atoms with van der Waals surface area (Å²) in [7, 11) is 0. The topological polar surface area (TPSA) is 105 Å². The second-order valence-corrected chi connectivity index (χ2v) is 6.97. The van der Waals surface area contributed by atoms with E-state index in [1.807, 2.05) is 0 Å². The zero-order valence-electron chi connectivity index (χ0n) is 15.4. The molecule has 0 aromatic heterocycles. The first-order chi connectivity index (χ1) is 12.6. The molecule has 2 aliphatic rings. The normalized spacial score (nSPS) is 19.8. The van der Waals surface area contributed by atoms with Gasteiger partial charge in [-0.1, -0.05) is 12.7 Å². The van der Waals surface area contributed by atoms with Crippen LogP contribution in [0.4, 0.5) is 9.18 Å². The summed E-state index contributed by atoms with van der Waals surface area (Å²) in [5, 5.41) is 4.76. The number of alkyl carbamates (subject to hydrolysis) is 1. The molecule has 2 heterocycles. The first-order valence-electron chi connectivity index (χ1n) is 8.27. The summed E-state index contributed by atoms with van der Waals surface area (Å²) in [4.78, 5) is 48.7. The highest BCUT2D eigenvalue weighted by atomic mass is 19.1. The molecule has 2 amide bonds. The average molecular weight is 383 g/mol. The van der Waals surface area contributed by atoms with Gasteiger partial charge in [0.25, 0.3) is 5.91 Å². The number of ketones is 1. The Kier molecular flexibility index (Phi) is 5.99. The smallest absolute Gasteiger partial charge is 0.408 e. The van der Waals surface area contributed by atoms with Gasteiger partial charge in [0, 0.05) is 18.7 Å². The zero-order chi connectivity index (χ0) is 20.4. The van der Waals surface area contributed by atoms with Gasteiger partial charge in [0.05, 0.1) is 0 Å². The van der Waals surface area contributed by atoms with Gasteiger partial charge in [0.1, 0.15) is 18.2 Å². The van der Waals surface area contributed by atoms with Crippen LogP contribution < -0.4 is 5.32 Å². The van der Waals surface area contributed by atoms with Crippen molar-refractivity contribution in [2.24, 2.45) is 0 Å². The third kappa shape index (κ3) is 4.51. The maximum absolute atomic E-state index is 12.9. The van der Waals surface area contributed by atoms with Crippen LogP contribution in [-0.4, -0.2) is 71.8 Å². The van der Waals surface area contributed by atoms with Crippen molar-refractivity contribution in [3.05, 3.63) is 23.9 Å². The van der Waals surface area contributed by atoms with E-state index < -0.39 is 42.1 Å². The summed E-state index contributed by atoms with van der Waals surface area (Å²) in [5.74, 6) is -2.49. The van der Waals surface area contributed by atoms with Gasteiger partial charge < -0.3 is 14.8 Å². The number of nitrogens with one attached hydrogen (secondary N) is 1. The Labute approximate surface area is 155 Å². The molecule has 0 unspecified atom stereocenters. The number of esters is 1. The molecular weight excluding hydrogens is 361 g/mol. The van der Waals surface area contributed by atoms with Crippen molar-refractivity contribution in [3.8, 4) is 0 Å². The van der Waals surface area contributed by atoms with Crippen LogP contribution in [0.1, 0.15) is 20.8 Å². The molecular formula is C17H22FN3O6. The molecule has 1 fully saturated rings. The van der Waals surface area contributed by atoms with Crippen LogP contribution in [0.15, 0.2) is 23.9 Å². The summed E-state index contributed by atoms with van der Waals surface area (Å²) >= 11 is 0. The van der Waals surface area contributed by atoms with Crippen molar-refractivity contribution in [3.63, 3.8) is 0 Å². The average Bonchev–Trinajstić information content (AvgIpc) is 3.07. The Bertz CT molecular complexity index is 712. The van der Waals surface area contributed by atoms with Gasteiger partial charge in [-0.2, -0.15) is 0 Å². The van der Waals surface area contributed by atoms with Crippen LogP contribution in [0, 0.1) is 0 Å². The number of nitrogens with zero attached hydrogens (tertiary/aromatic N) is 2. The van der Waals surface area contributed by atoms with E-state index in [1.165, 1.54) is 11.1 Å². The van der Waals surface area contributed by atoms with Gasteiger partial charge in [-0.25, -0.2) is 24.0 Å². The van der Waals surface area contributed by atoms with Crippen molar-refractivity contribution in [2.75, 3.05) is 26.4 Å². The Morgan fingerprint density at radius 2 is 2.04 bits per heavy atom. The number of Topliss-reactive ketones (excluding diaryl/α,β-unsaturated/α-hetero) is 1. The first kappa shape index (κ1) is 20.6. The van der Waals surface area contributed by atoms with Crippen LogP contribution in [0.5, 0.6) is 0 Å². The summed E-state index contributed by atoms with van der Waals surface area (Å²) in [6.45, 7) is 6.86. The lowest BCUT2D eigenvalue weighted by atomic mass is 10.1.